The number of amides is 1. The zero-order valence-corrected chi connectivity index (χ0v) is 12.3. The Kier molecular flexibility index (Phi) is 3.78. The van der Waals surface area contributed by atoms with Crippen LogP contribution in [0.25, 0.3) is 10.9 Å². The number of aryl methyl sites for hydroxylation is 1. The summed E-state index contributed by atoms with van der Waals surface area (Å²) in [7, 11) is 1.88. The van der Waals surface area contributed by atoms with Crippen molar-refractivity contribution in [3.63, 3.8) is 0 Å². The fourth-order valence-electron chi connectivity index (χ4n) is 3.04. The van der Waals surface area contributed by atoms with Crippen LogP contribution in [0.1, 0.15) is 36.0 Å². The summed E-state index contributed by atoms with van der Waals surface area (Å²) in [5.41, 5.74) is 0.992. The van der Waals surface area contributed by atoms with Crippen LogP contribution < -0.4 is 5.43 Å². The molecule has 0 atom stereocenters. The van der Waals surface area contributed by atoms with Gasteiger partial charge in [0, 0.05) is 31.7 Å². The zero-order valence-electron chi connectivity index (χ0n) is 12.3. The van der Waals surface area contributed by atoms with E-state index in [1.165, 1.54) is 12.8 Å². The molecule has 3 rings (SSSR count). The SMILES string of the molecule is Cn1cc(C(=O)N2CCCCCC2)c(=O)c2ccccc21. The molecule has 1 saturated heterocycles. The van der Waals surface area contributed by atoms with Crippen molar-refractivity contribution in [1.29, 1.82) is 0 Å². The maximum absolute atomic E-state index is 12.7. The van der Waals surface area contributed by atoms with Gasteiger partial charge >= 0.3 is 0 Å². The highest BCUT2D eigenvalue weighted by molar-refractivity contribution is 5.97. The van der Waals surface area contributed by atoms with Crippen molar-refractivity contribution < 1.29 is 4.79 Å². The maximum Gasteiger partial charge on any atom is 0.259 e. The van der Waals surface area contributed by atoms with E-state index in [9.17, 15) is 9.59 Å². The van der Waals surface area contributed by atoms with E-state index in [1.807, 2.05) is 34.7 Å². The molecule has 0 spiro atoms. The summed E-state index contributed by atoms with van der Waals surface area (Å²) in [5.74, 6) is -0.122. The molecule has 1 aliphatic heterocycles. The van der Waals surface area contributed by atoms with Gasteiger partial charge in [-0.2, -0.15) is 0 Å². The standard InChI is InChI=1S/C17H20N2O2/c1-18-12-14(16(20)13-8-4-5-9-15(13)18)17(21)19-10-6-2-3-7-11-19/h4-5,8-9,12H,2-3,6-7,10-11H2,1H3. The lowest BCUT2D eigenvalue weighted by Gasteiger charge is -2.20. The van der Waals surface area contributed by atoms with Gasteiger partial charge in [0.05, 0.1) is 5.52 Å². The van der Waals surface area contributed by atoms with Gasteiger partial charge in [-0.3, -0.25) is 9.59 Å². The monoisotopic (exact) mass is 284 g/mol. The van der Waals surface area contributed by atoms with Crippen LogP contribution in [-0.2, 0) is 7.05 Å². The van der Waals surface area contributed by atoms with E-state index in [0.717, 1.165) is 31.4 Å². The van der Waals surface area contributed by atoms with Crippen molar-refractivity contribution in [2.75, 3.05) is 13.1 Å². The van der Waals surface area contributed by atoms with E-state index in [-0.39, 0.29) is 16.9 Å². The molecule has 0 radical (unpaired) electrons. The minimum atomic E-state index is -0.155. The van der Waals surface area contributed by atoms with Crippen LogP contribution in [0.2, 0.25) is 0 Å². The van der Waals surface area contributed by atoms with E-state index in [1.54, 1.807) is 12.3 Å². The molecular formula is C17H20N2O2. The summed E-state index contributed by atoms with van der Waals surface area (Å²) in [4.78, 5) is 27.1. The van der Waals surface area contributed by atoms with Crippen molar-refractivity contribution in [3.05, 3.63) is 46.2 Å². The summed E-state index contributed by atoms with van der Waals surface area (Å²) in [5, 5.41) is 0.612. The topological polar surface area (TPSA) is 42.3 Å². The molecule has 1 aromatic carbocycles. The number of aromatic nitrogens is 1. The first-order valence-corrected chi connectivity index (χ1v) is 7.56. The van der Waals surface area contributed by atoms with Crippen molar-refractivity contribution in [2.24, 2.45) is 7.05 Å². The second-order valence-electron chi connectivity index (χ2n) is 5.71. The second-order valence-corrected chi connectivity index (χ2v) is 5.71. The number of para-hydroxylation sites is 1. The third-order valence-corrected chi connectivity index (χ3v) is 4.22. The smallest absolute Gasteiger partial charge is 0.259 e. The number of likely N-dealkylation sites (tertiary alicyclic amines) is 1. The third kappa shape index (κ3) is 2.58. The highest BCUT2D eigenvalue weighted by Crippen LogP contribution is 2.14. The Bertz CT molecular complexity index is 725. The summed E-state index contributed by atoms with van der Waals surface area (Å²) in [6.07, 6.45) is 6.07. The van der Waals surface area contributed by atoms with E-state index < -0.39 is 0 Å². The minimum Gasteiger partial charge on any atom is -0.350 e. The second kappa shape index (κ2) is 5.72. The van der Waals surface area contributed by atoms with Crippen LogP contribution in [0.4, 0.5) is 0 Å². The molecule has 0 bridgehead atoms. The summed E-state index contributed by atoms with van der Waals surface area (Å²) in [6.45, 7) is 1.52. The lowest BCUT2D eigenvalue weighted by molar-refractivity contribution is 0.0760. The van der Waals surface area contributed by atoms with Crippen LogP contribution in [0.15, 0.2) is 35.3 Å². The lowest BCUT2D eigenvalue weighted by Crippen LogP contribution is -2.35. The van der Waals surface area contributed by atoms with Crippen LogP contribution in [0.3, 0.4) is 0 Å². The molecular weight excluding hydrogens is 264 g/mol. The maximum atomic E-state index is 12.7. The van der Waals surface area contributed by atoms with E-state index in [0.29, 0.717) is 5.39 Å². The molecule has 0 N–H and O–H groups in total. The summed E-state index contributed by atoms with van der Waals surface area (Å²) in [6, 6.07) is 7.43. The number of nitrogens with zero attached hydrogens (tertiary/aromatic N) is 2. The molecule has 4 nitrogen and oxygen atoms in total. The molecule has 1 aliphatic rings. The molecule has 1 amide bonds. The Hall–Kier alpha value is -2.10. The average molecular weight is 284 g/mol. The fraction of sp³-hybridized carbons (Fsp3) is 0.412. The summed E-state index contributed by atoms with van der Waals surface area (Å²) >= 11 is 0. The molecule has 1 aromatic heterocycles. The number of carbonyl (C=O) groups is 1. The van der Waals surface area contributed by atoms with Crippen molar-refractivity contribution in [2.45, 2.75) is 25.7 Å². The van der Waals surface area contributed by atoms with Crippen LogP contribution in [0.5, 0.6) is 0 Å². The number of hydrogen-bond donors (Lipinski definition) is 0. The lowest BCUT2D eigenvalue weighted by atomic mass is 10.1. The van der Waals surface area contributed by atoms with Gasteiger partial charge in [-0.25, -0.2) is 0 Å². The van der Waals surface area contributed by atoms with Gasteiger partial charge in [0.15, 0.2) is 0 Å². The van der Waals surface area contributed by atoms with Gasteiger partial charge in [0.1, 0.15) is 5.56 Å². The predicted octanol–water partition coefficient (Wildman–Crippen LogP) is 2.55. The van der Waals surface area contributed by atoms with Crippen LogP contribution >= 0.6 is 0 Å². The third-order valence-electron chi connectivity index (χ3n) is 4.22. The number of benzene rings is 1. The number of hydrogen-bond acceptors (Lipinski definition) is 2. The van der Waals surface area contributed by atoms with E-state index in [4.69, 9.17) is 0 Å². The van der Waals surface area contributed by atoms with Gasteiger partial charge in [0.2, 0.25) is 5.43 Å². The normalized spacial score (nSPS) is 16.0. The Morgan fingerprint density at radius 2 is 1.71 bits per heavy atom. The Balaban J connectivity index is 2.05. The van der Waals surface area contributed by atoms with Gasteiger partial charge in [-0.05, 0) is 25.0 Å². The molecule has 0 aliphatic carbocycles. The van der Waals surface area contributed by atoms with Gasteiger partial charge < -0.3 is 9.47 Å². The molecule has 110 valence electrons. The Morgan fingerprint density at radius 3 is 2.43 bits per heavy atom. The zero-order chi connectivity index (χ0) is 14.8. The molecule has 21 heavy (non-hydrogen) atoms. The number of carbonyl (C=O) groups excluding carboxylic acids is 1. The van der Waals surface area contributed by atoms with Crippen molar-refractivity contribution in [3.8, 4) is 0 Å². The minimum absolute atomic E-state index is 0.122. The first-order valence-electron chi connectivity index (χ1n) is 7.56. The van der Waals surface area contributed by atoms with Crippen LogP contribution in [-0.4, -0.2) is 28.5 Å². The number of pyridine rings is 1. The molecule has 2 aromatic rings. The molecule has 0 saturated carbocycles. The van der Waals surface area contributed by atoms with Crippen molar-refractivity contribution in [1.82, 2.24) is 9.47 Å². The fourth-order valence-corrected chi connectivity index (χ4v) is 3.04. The average Bonchev–Trinajstić information content (AvgIpc) is 2.79. The highest BCUT2D eigenvalue weighted by Gasteiger charge is 2.21. The molecule has 0 unspecified atom stereocenters. The quantitative estimate of drug-likeness (QED) is 0.807. The van der Waals surface area contributed by atoms with E-state index in [2.05, 4.69) is 0 Å². The largest absolute Gasteiger partial charge is 0.350 e. The summed E-state index contributed by atoms with van der Waals surface area (Å²) < 4.78 is 1.86. The van der Waals surface area contributed by atoms with E-state index >= 15 is 0 Å². The molecule has 4 heteroatoms. The van der Waals surface area contributed by atoms with Crippen LogP contribution in [0, 0.1) is 0 Å². The number of fused-ring (bicyclic) bond motifs is 1. The number of rotatable bonds is 1. The van der Waals surface area contributed by atoms with Gasteiger partial charge in [-0.1, -0.05) is 25.0 Å². The molecule has 1 fully saturated rings. The Morgan fingerprint density at radius 1 is 1.05 bits per heavy atom. The van der Waals surface area contributed by atoms with Gasteiger partial charge in [-0.15, -0.1) is 0 Å². The first kappa shape index (κ1) is 13.9. The predicted molar refractivity (Wildman–Crippen MR) is 83.6 cm³/mol. The highest BCUT2D eigenvalue weighted by atomic mass is 16.2. The van der Waals surface area contributed by atoms with Crippen molar-refractivity contribution >= 4 is 16.8 Å². The first-order chi connectivity index (χ1) is 10.2. The Labute approximate surface area is 124 Å². The van der Waals surface area contributed by atoms with Gasteiger partial charge in [0.25, 0.3) is 5.91 Å². The molecule has 2 heterocycles.